The predicted molar refractivity (Wildman–Crippen MR) is 76.8 cm³/mol. The molecule has 1 aliphatic rings. The molecule has 0 aliphatic carbocycles. The van der Waals surface area contributed by atoms with E-state index in [-0.39, 0.29) is 17.9 Å². The molecule has 1 aromatic rings. The van der Waals surface area contributed by atoms with E-state index in [9.17, 15) is 0 Å². The maximum atomic E-state index is 5.90. The van der Waals surface area contributed by atoms with Gasteiger partial charge in [0.05, 0.1) is 0 Å². The molecule has 0 amide bonds. The lowest BCUT2D eigenvalue weighted by atomic mass is 10.3. The summed E-state index contributed by atoms with van der Waals surface area (Å²) in [5.74, 6) is 0.0275. The second kappa shape index (κ2) is 5.12. The smallest absolute Gasteiger partial charge is 0.239 e. The van der Waals surface area contributed by atoms with Gasteiger partial charge in [0.2, 0.25) is 11.9 Å². The molecule has 2 rings (SSSR count). The molecular weight excluding hydrogens is 268 g/mol. The van der Waals surface area contributed by atoms with Crippen LogP contribution < -0.4 is 27.8 Å². The Balaban J connectivity index is 2.44. The minimum Gasteiger partial charge on any atom is -0.370 e. The van der Waals surface area contributed by atoms with Crippen LogP contribution in [0.4, 0.5) is 5.69 Å². The van der Waals surface area contributed by atoms with Crippen LogP contribution >= 0.6 is 11.6 Å². The Morgan fingerprint density at radius 1 is 1.26 bits per heavy atom. The van der Waals surface area contributed by atoms with Gasteiger partial charge in [0.1, 0.15) is 0 Å². The summed E-state index contributed by atoms with van der Waals surface area (Å²) >= 11 is 5.84. The van der Waals surface area contributed by atoms with Gasteiger partial charge in [-0.25, -0.2) is 4.99 Å². The summed E-state index contributed by atoms with van der Waals surface area (Å²) in [6, 6.07) is 6.91. The Hall–Kier alpha value is -2.32. The van der Waals surface area contributed by atoms with Crippen molar-refractivity contribution in [1.29, 1.82) is 0 Å². The SMILES string of the molecule is NC(N)=NC1=NC(N)=NC(N)N1c1ccc(Cl)cc1. The first-order chi connectivity index (χ1) is 8.97. The number of nitrogens with zero attached hydrogens (tertiary/aromatic N) is 4. The highest BCUT2D eigenvalue weighted by molar-refractivity contribution is 6.30. The Labute approximate surface area is 114 Å². The highest BCUT2D eigenvalue weighted by Crippen LogP contribution is 2.21. The fourth-order valence-electron chi connectivity index (χ4n) is 1.56. The topological polar surface area (TPSA) is 144 Å². The van der Waals surface area contributed by atoms with E-state index in [1.54, 1.807) is 24.3 Å². The van der Waals surface area contributed by atoms with Gasteiger partial charge in [-0.05, 0) is 24.3 Å². The fourth-order valence-corrected chi connectivity index (χ4v) is 1.69. The lowest BCUT2D eigenvalue weighted by Crippen LogP contribution is -2.49. The molecular formula is C10H13ClN8. The van der Waals surface area contributed by atoms with Crippen molar-refractivity contribution >= 4 is 35.2 Å². The van der Waals surface area contributed by atoms with Crippen LogP contribution in [0.5, 0.6) is 0 Å². The lowest BCUT2D eigenvalue weighted by Gasteiger charge is -2.29. The van der Waals surface area contributed by atoms with Crippen molar-refractivity contribution in [3.8, 4) is 0 Å². The average Bonchev–Trinajstić information content (AvgIpc) is 2.29. The van der Waals surface area contributed by atoms with Crippen molar-refractivity contribution in [3.05, 3.63) is 29.3 Å². The summed E-state index contributed by atoms with van der Waals surface area (Å²) in [6.45, 7) is 0. The molecule has 0 aromatic heterocycles. The van der Waals surface area contributed by atoms with Crippen molar-refractivity contribution < 1.29 is 0 Å². The van der Waals surface area contributed by atoms with Crippen LogP contribution in [0.2, 0.25) is 5.02 Å². The van der Waals surface area contributed by atoms with Crippen LogP contribution in [0.3, 0.4) is 0 Å². The number of hydrogen-bond acceptors (Lipinski definition) is 6. The normalized spacial score (nSPS) is 18.6. The van der Waals surface area contributed by atoms with E-state index >= 15 is 0 Å². The van der Waals surface area contributed by atoms with Crippen molar-refractivity contribution in [2.45, 2.75) is 6.29 Å². The van der Waals surface area contributed by atoms with Crippen molar-refractivity contribution in [3.63, 3.8) is 0 Å². The van der Waals surface area contributed by atoms with E-state index in [1.165, 1.54) is 4.90 Å². The van der Waals surface area contributed by atoms with Gasteiger partial charge < -0.3 is 17.2 Å². The van der Waals surface area contributed by atoms with E-state index in [0.717, 1.165) is 0 Å². The zero-order chi connectivity index (χ0) is 14.0. The molecule has 0 radical (unpaired) electrons. The third-order valence-electron chi connectivity index (χ3n) is 2.29. The Morgan fingerprint density at radius 3 is 2.47 bits per heavy atom. The zero-order valence-corrected chi connectivity index (χ0v) is 10.6. The highest BCUT2D eigenvalue weighted by atomic mass is 35.5. The summed E-state index contributed by atoms with van der Waals surface area (Å²) in [5, 5.41) is 0.595. The first kappa shape index (κ1) is 13.1. The number of halogens is 1. The second-order valence-electron chi connectivity index (χ2n) is 3.70. The van der Waals surface area contributed by atoms with Gasteiger partial charge in [-0.3, -0.25) is 10.6 Å². The molecule has 0 saturated heterocycles. The number of guanidine groups is 3. The number of anilines is 1. The van der Waals surface area contributed by atoms with E-state index in [0.29, 0.717) is 10.7 Å². The third kappa shape index (κ3) is 2.92. The van der Waals surface area contributed by atoms with Gasteiger partial charge >= 0.3 is 0 Å². The van der Waals surface area contributed by atoms with E-state index in [1.807, 2.05) is 0 Å². The first-order valence-electron chi connectivity index (χ1n) is 5.29. The third-order valence-corrected chi connectivity index (χ3v) is 2.54. The maximum Gasteiger partial charge on any atom is 0.239 e. The molecule has 19 heavy (non-hydrogen) atoms. The molecule has 8 nitrogen and oxygen atoms in total. The van der Waals surface area contributed by atoms with Gasteiger partial charge in [-0.1, -0.05) is 11.6 Å². The van der Waals surface area contributed by atoms with Crippen LogP contribution in [0.1, 0.15) is 0 Å². The maximum absolute atomic E-state index is 5.90. The van der Waals surface area contributed by atoms with Crippen LogP contribution in [-0.4, -0.2) is 24.2 Å². The van der Waals surface area contributed by atoms with Crippen LogP contribution in [-0.2, 0) is 0 Å². The summed E-state index contributed by atoms with van der Waals surface area (Å²) < 4.78 is 0. The van der Waals surface area contributed by atoms with Gasteiger partial charge in [0.25, 0.3) is 0 Å². The standard InChI is InChI=1S/C10H13ClN8/c11-5-1-3-6(4-2-5)19-9(15)17-8(14)18-10(19)16-7(12)13/h1-4,9H,15H2,(H6,12,13,14,16,17,18). The van der Waals surface area contributed by atoms with Crippen molar-refractivity contribution in [2.75, 3.05) is 4.90 Å². The van der Waals surface area contributed by atoms with Crippen LogP contribution in [0, 0.1) is 0 Å². The predicted octanol–water partition coefficient (Wildman–Crippen LogP) is -0.654. The molecule has 0 bridgehead atoms. The molecule has 0 fully saturated rings. The van der Waals surface area contributed by atoms with E-state index in [4.69, 9.17) is 34.5 Å². The number of rotatable bonds is 1. The second-order valence-corrected chi connectivity index (χ2v) is 4.13. The van der Waals surface area contributed by atoms with Crippen LogP contribution in [0.15, 0.2) is 39.2 Å². The molecule has 100 valence electrons. The zero-order valence-electron chi connectivity index (χ0n) is 9.86. The Morgan fingerprint density at radius 2 is 1.89 bits per heavy atom. The first-order valence-corrected chi connectivity index (χ1v) is 5.67. The molecule has 1 atom stereocenters. The monoisotopic (exact) mass is 280 g/mol. The quantitative estimate of drug-likeness (QED) is 0.399. The molecule has 1 heterocycles. The van der Waals surface area contributed by atoms with E-state index < -0.39 is 6.29 Å². The van der Waals surface area contributed by atoms with Crippen LogP contribution in [0.25, 0.3) is 0 Å². The molecule has 0 saturated carbocycles. The molecule has 1 aliphatic heterocycles. The fraction of sp³-hybridized carbons (Fsp3) is 0.100. The minimum atomic E-state index is -0.767. The Kier molecular flexibility index (Phi) is 3.54. The Bertz CT molecular complexity index is 557. The van der Waals surface area contributed by atoms with Crippen molar-refractivity contribution in [1.82, 2.24) is 0 Å². The van der Waals surface area contributed by atoms with Gasteiger partial charge in [0, 0.05) is 10.7 Å². The number of hydrogen-bond donors (Lipinski definition) is 4. The minimum absolute atomic E-state index is 0.0118. The van der Waals surface area contributed by atoms with Gasteiger partial charge in [-0.15, -0.1) is 0 Å². The molecule has 1 unspecified atom stereocenters. The summed E-state index contributed by atoms with van der Waals surface area (Å²) in [4.78, 5) is 13.3. The lowest BCUT2D eigenvalue weighted by molar-refractivity contribution is 0.717. The number of nitrogens with two attached hydrogens (primary N) is 4. The highest BCUT2D eigenvalue weighted by Gasteiger charge is 2.24. The van der Waals surface area contributed by atoms with Gasteiger partial charge in [0.15, 0.2) is 12.2 Å². The molecule has 1 aromatic carbocycles. The van der Waals surface area contributed by atoms with Crippen molar-refractivity contribution in [2.24, 2.45) is 37.9 Å². The summed E-state index contributed by atoms with van der Waals surface area (Å²) in [5.41, 5.74) is 22.8. The number of benzene rings is 1. The number of aliphatic imine (C=N–C) groups is 3. The largest absolute Gasteiger partial charge is 0.370 e. The molecule has 9 heteroatoms. The molecule has 8 N–H and O–H groups in total. The average molecular weight is 281 g/mol. The van der Waals surface area contributed by atoms with E-state index in [2.05, 4.69) is 15.0 Å². The van der Waals surface area contributed by atoms with Gasteiger partial charge in [-0.2, -0.15) is 9.98 Å². The summed E-state index contributed by atoms with van der Waals surface area (Å²) in [6.07, 6.45) is -0.767. The summed E-state index contributed by atoms with van der Waals surface area (Å²) in [7, 11) is 0. The molecule has 0 spiro atoms.